The quantitative estimate of drug-likeness (QED) is 0.118. The molecule has 0 bridgehead atoms. The van der Waals surface area contributed by atoms with E-state index in [-0.39, 0.29) is 5.60 Å². The third kappa shape index (κ3) is 24.6. The molecule has 0 saturated heterocycles. The van der Waals surface area contributed by atoms with Gasteiger partial charge in [0, 0.05) is 7.11 Å². The fourth-order valence-electron chi connectivity index (χ4n) is 3.72. The zero-order chi connectivity index (χ0) is 31.8. The highest BCUT2D eigenvalue weighted by atomic mass is 16.5. The predicted molar refractivity (Wildman–Crippen MR) is 192 cm³/mol. The minimum absolute atomic E-state index is 0.0331. The molecular weight excluding hydrogens is 508 g/mol. The molecule has 0 fully saturated rings. The molecule has 0 atom stereocenters. The van der Waals surface area contributed by atoms with E-state index in [2.05, 4.69) is 173 Å². The Labute approximate surface area is 260 Å². The van der Waals surface area contributed by atoms with Crippen LogP contribution >= 0.6 is 0 Å². The average Bonchev–Trinajstić information content (AvgIpc) is 2.91. The minimum atomic E-state index is -0.0331. The van der Waals surface area contributed by atoms with Gasteiger partial charge in [-0.15, -0.1) is 0 Å². The lowest BCUT2D eigenvalue weighted by molar-refractivity contribution is 0.0140. The molecule has 0 amide bonds. The highest BCUT2D eigenvalue weighted by Crippen LogP contribution is 2.18. The van der Waals surface area contributed by atoms with Gasteiger partial charge in [-0.25, -0.2) is 0 Å². The first kappa shape index (κ1) is 38.8. The highest BCUT2D eigenvalue weighted by Gasteiger charge is 2.14. The molecule has 0 heterocycles. The van der Waals surface area contributed by atoms with Crippen LogP contribution < -0.4 is 0 Å². The van der Waals surface area contributed by atoms with Crippen molar-refractivity contribution in [3.8, 4) is 0 Å². The Balaban J connectivity index is 4.69. The second-order valence-electron chi connectivity index (χ2n) is 12.1. The third-order valence-corrected chi connectivity index (χ3v) is 6.74. The largest absolute Gasteiger partial charge is 0.379 e. The van der Waals surface area contributed by atoms with E-state index in [1.807, 2.05) is 0 Å². The first-order valence-electron chi connectivity index (χ1n) is 15.4. The van der Waals surface area contributed by atoms with Gasteiger partial charge in [-0.3, -0.25) is 0 Å². The van der Waals surface area contributed by atoms with Crippen LogP contribution in [0.4, 0.5) is 0 Å². The van der Waals surface area contributed by atoms with Gasteiger partial charge in [0.25, 0.3) is 0 Å². The van der Waals surface area contributed by atoms with Crippen molar-refractivity contribution in [1.82, 2.24) is 0 Å². The van der Waals surface area contributed by atoms with Crippen molar-refractivity contribution in [3.63, 3.8) is 0 Å². The predicted octanol–water partition coefficient (Wildman–Crippen LogP) is 12.8. The molecule has 0 N–H and O–H groups in total. The van der Waals surface area contributed by atoms with E-state index < -0.39 is 0 Å². The van der Waals surface area contributed by atoms with E-state index in [0.29, 0.717) is 0 Å². The third-order valence-electron chi connectivity index (χ3n) is 6.74. The van der Waals surface area contributed by atoms with Crippen LogP contribution in [-0.2, 0) is 4.74 Å². The molecule has 0 spiro atoms. The highest BCUT2D eigenvalue weighted by molar-refractivity contribution is 5.32. The molecule has 230 valence electrons. The molecule has 42 heavy (non-hydrogen) atoms. The van der Waals surface area contributed by atoms with Crippen molar-refractivity contribution in [1.29, 1.82) is 0 Å². The molecule has 0 saturated carbocycles. The molecule has 1 heteroatoms. The Bertz CT molecular complexity index is 1150. The molecule has 0 aromatic carbocycles. The van der Waals surface area contributed by atoms with Gasteiger partial charge < -0.3 is 4.74 Å². The summed E-state index contributed by atoms with van der Waals surface area (Å²) in [6.45, 7) is 21.5. The van der Waals surface area contributed by atoms with E-state index in [0.717, 1.165) is 32.1 Å². The second kappa shape index (κ2) is 23.4. The van der Waals surface area contributed by atoms with Crippen molar-refractivity contribution in [3.05, 3.63) is 142 Å². The lowest BCUT2D eigenvalue weighted by Crippen LogP contribution is -2.21. The summed E-state index contributed by atoms with van der Waals surface area (Å²) in [5.41, 5.74) is 9.04. The lowest BCUT2D eigenvalue weighted by atomic mass is 9.99. The Hall–Kier alpha value is -3.16. The number of ether oxygens (including phenoxy) is 1. The molecule has 0 aliphatic carbocycles. The molecule has 0 aliphatic heterocycles. The van der Waals surface area contributed by atoms with Gasteiger partial charge in [-0.05, 0) is 101 Å². The Morgan fingerprint density at radius 3 is 1.31 bits per heavy atom. The summed E-state index contributed by atoms with van der Waals surface area (Å²) in [5.74, 6) is 0. The van der Waals surface area contributed by atoms with Gasteiger partial charge >= 0.3 is 0 Å². The van der Waals surface area contributed by atoms with Crippen LogP contribution in [0.2, 0.25) is 0 Å². The Morgan fingerprint density at radius 2 is 0.905 bits per heavy atom. The van der Waals surface area contributed by atoms with Gasteiger partial charge in [-0.2, -0.15) is 0 Å². The van der Waals surface area contributed by atoms with Gasteiger partial charge in [0.1, 0.15) is 0 Å². The fourth-order valence-corrected chi connectivity index (χ4v) is 3.72. The molecule has 0 aromatic heterocycles. The Kier molecular flexibility index (Phi) is 21.6. The maximum absolute atomic E-state index is 5.50. The standard InChI is InChI=1S/C41H60O/c1-34(2)20-14-23-37(5)26-17-29-38(6)27-15-24-35(3)21-12-13-22-36(4)25-16-28-39(7)30-18-31-40(8)32-19-33-41(9,10)42-11/h12-13,15-18,20-22,24-31H,14,19,23,32-33H2,1-11H3. The summed E-state index contributed by atoms with van der Waals surface area (Å²) >= 11 is 0. The normalized spacial score (nSPS) is 15.5. The second-order valence-corrected chi connectivity index (χ2v) is 12.1. The van der Waals surface area contributed by atoms with Crippen LogP contribution in [0.1, 0.15) is 101 Å². The van der Waals surface area contributed by atoms with Crippen LogP contribution in [0.25, 0.3) is 0 Å². The zero-order valence-electron chi connectivity index (χ0n) is 28.8. The molecule has 0 rings (SSSR count). The van der Waals surface area contributed by atoms with E-state index in [9.17, 15) is 0 Å². The summed E-state index contributed by atoms with van der Waals surface area (Å²) in [5, 5.41) is 0. The molecule has 1 nitrogen and oxygen atoms in total. The van der Waals surface area contributed by atoms with Crippen LogP contribution in [0.5, 0.6) is 0 Å². The number of hydrogen-bond donors (Lipinski definition) is 0. The number of hydrogen-bond acceptors (Lipinski definition) is 1. The summed E-state index contributed by atoms with van der Waals surface area (Å²) in [6.07, 6.45) is 42.1. The van der Waals surface area contributed by atoms with E-state index in [1.54, 1.807) is 7.11 Å². The van der Waals surface area contributed by atoms with Crippen LogP contribution in [-0.4, -0.2) is 12.7 Å². The van der Waals surface area contributed by atoms with Gasteiger partial charge in [0.2, 0.25) is 0 Å². The molecule has 0 aromatic rings. The van der Waals surface area contributed by atoms with Crippen LogP contribution in [0, 0.1) is 0 Å². The summed E-state index contributed by atoms with van der Waals surface area (Å²) in [4.78, 5) is 0. The monoisotopic (exact) mass is 568 g/mol. The van der Waals surface area contributed by atoms with Crippen LogP contribution in [0.3, 0.4) is 0 Å². The summed E-state index contributed by atoms with van der Waals surface area (Å²) in [7, 11) is 1.79. The van der Waals surface area contributed by atoms with Gasteiger partial charge in [0.05, 0.1) is 5.60 Å². The SMILES string of the molecule is COC(C)(C)CCCC(C)=CC=CC(C)=CC=CC(C)=CC=CC=C(C)C=CC=C(C)C=CC=C(C)CCC=C(C)C. The van der Waals surface area contributed by atoms with E-state index >= 15 is 0 Å². The number of rotatable bonds is 18. The minimum Gasteiger partial charge on any atom is -0.379 e. The van der Waals surface area contributed by atoms with Crippen molar-refractivity contribution >= 4 is 0 Å². The van der Waals surface area contributed by atoms with Crippen LogP contribution in [0.15, 0.2) is 142 Å². The number of allylic oxidation sites excluding steroid dienone is 24. The first-order valence-corrected chi connectivity index (χ1v) is 15.4. The van der Waals surface area contributed by atoms with Crippen molar-refractivity contribution in [2.24, 2.45) is 0 Å². The maximum atomic E-state index is 5.50. The van der Waals surface area contributed by atoms with Gasteiger partial charge in [-0.1, -0.05) is 142 Å². The molecular formula is C41H60O. The molecule has 0 aliphatic rings. The number of methoxy groups -OCH3 is 1. The van der Waals surface area contributed by atoms with Crippen molar-refractivity contribution < 1.29 is 4.74 Å². The van der Waals surface area contributed by atoms with Crippen molar-refractivity contribution in [2.75, 3.05) is 7.11 Å². The first-order chi connectivity index (χ1) is 19.8. The summed E-state index contributed by atoms with van der Waals surface area (Å²) < 4.78 is 5.50. The summed E-state index contributed by atoms with van der Waals surface area (Å²) in [6, 6.07) is 0. The van der Waals surface area contributed by atoms with E-state index in [4.69, 9.17) is 4.74 Å². The van der Waals surface area contributed by atoms with Gasteiger partial charge in [0.15, 0.2) is 0 Å². The smallest absolute Gasteiger partial charge is 0.0622 e. The zero-order valence-corrected chi connectivity index (χ0v) is 28.8. The molecule has 0 unspecified atom stereocenters. The lowest BCUT2D eigenvalue weighted by Gasteiger charge is -2.22. The topological polar surface area (TPSA) is 9.23 Å². The average molecular weight is 569 g/mol. The Morgan fingerprint density at radius 1 is 0.524 bits per heavy atom. The fraction of sp³-hybridized carbons (Fsp3) is 0.415. The van der Waals surface area contributed by atoms with E-state index in [1.165, 1.54) is 39.0 Å². The van der Waals surface area contributed by atoms with Crippen molar-refractivity contribution in [2.45, 2.75) is 107 Å². The maximum Gasteiger partial charge on any atom is 0.0622 e. The molecule has 0 radical (unpaired) electrons.